The Morgan fingerprint density at radius 2 is 1.75 bits per heavy atom. The molecule has 0 spiro atoms. The third-order valence-corrected chi connectivity index (χ3v) is 2.73. The van der Waals surface area contributed by atoms with E-state index in [0.717, 1.165) is 12.1 Å². The molecule has 0 aliphatic heterocycles. The molecule has 1 aromatic carbocycles. The highest BCUT2D eigenvalue weighted by Gasteiger charge is 2.17. The zero-order chi connectivity index (χ0) is 12.2. The second-order valence-electron chi connectivity index (χ2n) is 5.70. The Kier molecular flexibility index (Phi) is 4.36. The fourth-order valence-corrected chi connectivity index (χ4v) is 1.95. The first kappa shape index (κ1) is 13.0. The van der Waals surface area contributed by atoms with Crippen LogP contribution in [0, 0.1) is 5.41 Å². The molecule has 1 aromatic rings. The number of nitrogen functional groups attached to an aromatic ring is 1. The van der Waals surface area contributed by atoms with Crippen LogP contribution in [0.5, 0.6) is 0 Å². The molecule has 0 saturated carbocycles. The fourth-order valence-electron chi connectivity index (χ4n) is 1.95. The molecule has 16 heavy (non-hydrogen) atoms. The van der Waals surface area contributed by atoms with Crippen molar-refractivity contribution in [1.82, 2.24) is 5.32 Å². The summed E-state index contributed by atoms with van der Waals surface area (Å²) in [5.74, 6) is 0. The number of likely N-dealkylation sites (N-methyl/N-ethyl adjacent to an activating group) is 1. The van der Waals surface area contributed by atoms with Crippen LogP contribution in [0.15, 0.2) is 24.3 Å². The van der Waals surface area contributed by atoms with Gasteiger partial charge >= 0.3 is 0 Å². The van der Waals surface area contributed by atoms with Crippen molar-refractivity contribution in [2.45, 2.75) is 39.7 Å². The Morgan fingerprint density at radius 3 is 2.19 bits per heavy atom. The summed E-state index contributed by atoms with van der Waals surface area (Å²) in [5, 5.41) is 3.39. The van der Waals surface area contributed by atoms with Crippen molar-refractivity contribution < 1.29 is 0 Å². The molecule has 2 heteroatoms. The Bertz CT molecular complexity index is 309. The monoisotopic (exact) mass is 220 g/mol. The highest BCUT2D eigenvalue weighted by Crippen LogP contribution is 2.22. The van der Waals surface area contributed by atoms with Crippen LogP contribution >= 0.6 is 0 Å². The van der Waals surface area contributed by atoms with Crippen LogP contribution in [-0.2, 0) is 6.42 Å². The molecule has 0 amide bonds. The molecule has 0 bridgehead atoms. The first-order chi connectivity index (χ1) is 7.40. The largest absolute Gasteiger partial charge is 0.399 e. The van der Waals surface area contributed by atoms with Crippen molar-refractivity contribution in [3.63, 3.8) is 0 Å². The number of nitrogens with one attached hydrogen (secondary N) is 1. The zero-order valence-corrected chi connectivity index (χ0v) is 10.9. The van der Waals surface area contributed by atoms with Gasteiger partial charge in [-0.1, -0.05) is 32.9 Å². The maximum atomic E-state index is 5.68. The Hall–Kier alpha value is -1.02. The Morgan fingerprint density at radius 1 is 1.19 bits per heavy atom. The van der Waals surface area contributed by atoms with E-state index in [0.29, 0.717) is 11.5 Å². The van der Waals surface area contributed by atoms with E-state index >= 15 is 0 Å². The summed E-state index contributed by atoms with van der Waals surface area (Å²) in [6, 6.07) is 8.70. The molecule has 0 fully saturated rings. The third kappa shape index (κ3) is 4.67. The van der Waals surface area contributed by atoms with Crippen molar-refractivity contribution in [3.05, 3.63) is 29.8 Å². The van der Waals surface area contributed by atoms with Crippen LogP contribution in [0.3, 0.4) is 0 Å². The number of anilines is 1. The molecule has 0 aliphatic carbocycles. The molecule has 1 rings (SSSR count). The van der Waals surface area contributed by atoms with Gasteiger partial charge in [-0.2, -0.15) is 0 Å². The highest BCUT2D eigenvalue weighted by molar-refractivity contribution is 5.39. The number of rotatable bonds is 4. The molecule has 0 aromatic heterocycles. The second-order valence-corrected chi connectivity index (χ2v) is 5.70. The lowest BCUT2D eigenvalue weighted by Crippen LogP contribution is -2.32. The minimum Gasteiger partial charge on any atom is -0.399 e. The molecule has 90 valence electrons. The van der Waals surface area contributed by atoms with E-state index in [4.69, 9.17) is 5.73 Å². The smallest absolute Gasteiger partial charge is 0.0314 e. The summed E-state index contributed by atoms with van der Waals surface area (Å²) in [4.78, 5) is 0. The Labute approximate surface area is 99.2 Å². The topological polar surface area (TPSA) is 38.0 Å². The normalized spacial score (nSPS) is 13.8. The third-order valence-electron chi connectivity index (χ3n) is 2.73. The van der Waals surface area contributed by atoms with E-state index < -0.39 is 0 Å². The van der Waals surface area contributed by atoms with Gasteiger partial charge in [0.05, 0.1) is 0 Å². The summed E-state index contributed by atoms with van der Waals surface area (Å²) >= 11 is 0. The highest BCUT2D eigenvalue weighted by atomic mass is 14.9. The minimum atomic E-state index is 0.363. The Balaban J connectivity index is 2.60. The standard InChI is InChI=1S/C14H24N2/c1-14(2,3)10-13(16-4)9-11-5-7-12(15)8-6-11/h5-8,13,16H,9-10,15H2,1-4H3. The van der Waals surface area contributed by atoms with Crippen LogP contribution in [0.4, 0.5) is 5.69 Å². The predicted molar refractivity (Wildman–Crippen MR) is 71.5 cm³/mol. The van der Waals surface area contributed by atoms with Gasteiger partial charge in [0.25, 0.3) is 0 Å². The number of benzene rings is 1. The van der Waals surface area contributed by atoms with Gasteiger partial charge in [0.1, 0.15) is 0 Å². The van der Waals surface area contributed by atoms with Crippen LogP contribution in [0.2, 0.25) is 0 Å². The number of nitrogens with two attached hydrogens (primary N) is 1. The molecule has 1 unspecified atom stereocenters. The maximum absolute atomic E-state index is 5.68. The van der Waals surface area contributed by atoms with Gasteiger partial charge in [0.2, 0.25) is 0 Å². The van der Waals surface area contributed by atoms with Crippen molar-refractivity contribution in [3.8, 4) is 0 Å². The maximum Gasteiger partial charge on any atom is 0.0314 e. The first-order valence-corrected chi connectivity index (χ1v) is 5.92. The van der Waals surface area contributed by atoms with Crippen LogP contribution in [0.25, 0.3) is 0 Å². The van der Waals surface area contributed by atoms with Crippen molar-refractivity contribution in [2.75, 3.05) is 12.8 Å². The predicted octanol–water partition coefficient (Wildman–Crippen LogP) is 2.84. The van der Waals surface area contributed by atoms with Gasteiger partial charge in [0, 0.05) is 11.7 Å². The van der Waals surface area contributed by atoms with E-state index in [9.17, 15) is 0 Å². The molecule has 0 saturated heterocycles. The first-order valence-electron chi connectivity index (χ1n) is 5.92. The van der Waals surface area contributed by atoms with Crippen molar-refractivity contribution in [1.29, 1.82) is 0 Å². The number of hydrogen-bond donors (Lipinski definition) is 2. The minimum absolute atomic E-state index is 0.363. The van der Waals surface area contributed by atoms with Crippen LogP contribution < -0.4 is 11.1 Å². The van der Waals surface area contributed by atoms with Crippen LogP contribution in [0.1, 0.15) is 32.8 Å². The molecule has 0 radical (unpaired) electrons. The molecular weight excluding hydrogens is 196 g/mol. The lowest BCUT2D eigenvalue weighted by molar-refractivity contribution is 0.316. The van der Waals surface area contributed by atoms with Gasteiger partial charge in [-0.05, 0) is 43.0 Å². The van der Waals surface area contributed by atoms with E-state index in [-0.39, 0.29) is 0 Å². The molecule has 0 heterocycles. The van der Waals surface area contributed by atoms with Gasteiger partial charge < -0.3 is 11.1 Å². The molecule has 2 nitrogen and oxygen atoms in total. The summed E-state index contributed by atoms with van der Waals surface area (Å²) < 4.78 is 0. The van der Waals surface area contributed by atoms with Crippen LogP contribution in [-0.4, -0.2) is 13.1 Å². The van der Waals surface area contributed by atoms with E-state index in [1.807, 2.05) is 19.2 Å². The average molecular weight is 220 g/mol. The van der Waals surface area contributed by atoms with E-state index in [1.54, 1.807) is 0 Å². The van der Waals surface area contributed by atoms with Gasteiger partial charge in [-0.15, -0.1) is 0 Å². The lowest BCUT2D eigenvalue weighted by atomic mass is 9.86. The quantitative estimate of drug-likeness (QED) is 0.766. The van der Waals surface area contributed by atoms with E-state index in [2.05, 4.69) is 38.2 Å². The zero-order valence-electron chi connectivity index (χ0n) is 10.9. The van der Waals surface area contributed by atoms with Crippen molar-refractivity contribution >= 4 is 5.69 Å². The van der Waals surface area contributed by atoms with Crippen molar-refractivity contribution in [2.24, 2.45) is 5.41 Å². The molecular formula is C14H24N2. The average Bonchev–Trinajstić information content (AvgIpc) is 2.18. The fraction of sp³-hybridized carbons (Fsp3) is 0.571. The van der Waals surface area contributed by atoms with E-state index in [1.165, 1.54) is 12.0 Å². The number of hydrogen-bond acceptors (Lipinski definition) is 2. The summed E-state index contributed by atoms with van der Waals surface area (Å²) in [6.45, 7) is 6.83. The lowest BCUT2D eigenvalue weighted by Gasteiger charge is -2.25. The molecule has 0 aliphatic rings. The van der Waals surface area contributed by atoms with Gasteiger partial charge in [-0.3, -0.25) is 0 Å². The molecule has 3 N–H and O–H groups in total. The van der Waals surface area contributed by atoms with Gasteiger partial charge in [0.15, 0.2) is 0 Å². The van der Waals surface area contributed by atoms with Gasteiger partial charge in [-0.25, -0.2) is 0 Å². The summed E-state index contributed by atoms with van der Waals surface area (Å²) in [7, 11) is 2.04. The molecule has 1 atom stereocenters. The SMILES string of the molecule is CNC(Cc1ccc(N)cc1)CC(C)(C)C. The summed E-state index contributed by atoms with van der Waals surface area (Å²) in [5.41, 5.74) is 8.22. The summed E-state index contributed by atoms with van der Waals surface area (Å²) in [6.07, 6.45) is 2.24. The second kappa shape index (κ2) is 5.35.